The van der Waals surface area contributed by atoms with Gasteiger partial charge in [-0.1, -0.05) is 31.2 Å². The summed E-state index contributed by atoms with van der Waals surface area (Å²) in [6, 6.07) is 6.35. The minimum absolute atomic E-state index is 0.0437. The van der Waals surface area contributed by atoms with E-state index in [2.05, 4.69) is 35.8 Å². The van der Waals surface area contributed by atoms with Gasteiger partial charge in [-0.25, -0.2) is 17.7 Å². The highest BCUT2D eigenvalue weighted by Crippen LogP contribution is 2.45. The Bertz CT molecular complexity index is 1310. The van der Waals surface area contributed by atoms with E-state index in [1.165, 1.54) is 4.90 Å². The molecule has 1 aliphatic rings. The Morgan fingerprint density at radius 1 is 0.719 bits per heavy atom. The van der Waals surface area contributed by atoms with E-state index in [4.69, 9.17) is 36.4 Å². The molecule has 11 N–H and O–H groups in total. The average molecular weight is 835 g/mol. The first-order valence-corrected chi connectivity index (χ1v) is 20.9. The van der Waals surface area contributed by atoms with Crippen molar-refractivity contribution in [2.45, 2.75) is 57.7 Å². The van der Waals surface area contributed by atoms with Crippen molar-refractivity contribution >= 4 is 31.2 Å². The summed E-state index contributed by atoms with van der Waals surface area (Å²) < 4.78 is 33.4. The molecule has 4 amide bonds. The number of nitrogens with zero attached hydrogens (tertiary/aromatic N) is 1. The second-order valence-electron chi connectivity index (χ2n) is 13.1. The van der Waals surface area contributed by atoms with Gasteiger partial charge in [0, 0.05) is 38.3 Å². The zero-order valence-corrected chi connectivity index (χ0v) is 33.8. The molecule has 1 aromatic rings. The number of ether oxygens (including phenoxy) is 3. The van der Waals surface area contributed by atoms with E-state index in [-0.39, 0.29) is 129 Å². The van der Waals surface area contributed by atoms with Crippen LogP contribution >= 0.6 is 7.60 Å². The number of amides is 4. The summed E-state index contributed by atoms with van der Waals surface area (Å²) in [5, 5.41) is 11.3. The van der Waals surface area contributed by atoms with E-state index in [0.717, 1.165) is 11.1 Å². The number of hydrogen-bond acceptors (Lipinski definition) is 16. The molecule has 21 nitrogen and oxygen atoms in total. The first-order chi connectivity index (χ1) is 27.5. The number of nitrogens with one attached hydrogen (secondary N) is 4. The second-order valence-corrected chi connectivity index (χ2v) is 15.3. The van der Waals surface area contributed by atoms with Gasteiger partial charge in [-0.15, -0.1) is 0 Å². The third-order valence-corrected chi connectivity index (χ3v) is 10.3. The predicted octanol–water partition coefficient (Wildman–Crippen LogP) is -1.63. The van der Waals surface area contributed by atoms with Crippen molar-refractivity contribution in [3.05, 3.63) is 35.4 Å². The van der Waals surface area contributed by atoms with Crippen LogP contribution in [0.2, 0.25) is 0 Å². The smallest absolute Gasteiger partial charge is 0.328 e. The molecule has 1 saturated carbocycles. The maximum absolute atomic E-state index is 13.8. The lowest BCUT2D eigenvalue weighted by Gasteiger charge is -2.30. The van der Waals surface area contributed by atoms with Crippen LogP contribution in [0, 0.1) is 5.92 Å². The van der Waals surface area contributed by atoms with E-state index in [1.807, 2.05) is 24.3 Å². The summed E-state index contributed by atoms with van der Waals surface area (Å²) in [6.45, 7) is 3.62. The summed E-state index contributed by atoms with van der Waals surface area (Å²) in [7, 11) is -3.60. The molecular formula is C35H63N8O13P. The molecule has 1 aliphatic carbocycles. The van der Waals surface area contributed by atoms with Gasteiger partial charge in [-0.2, -0.15) is 0 Å². The second kappa shape index (κ2) is 30.0. The lowest BCUT2D eigenvalue weighted by Crippen LogP contribution is -2.54. The lowest BCUT2D eigenvalue weighted by molar-refractivity contribution is -0.132. The lowest BCUT2D eigenvalue weighted by atomic mass is 9.87. The van der Waals surface area contributed by atoms with Crippen LogP contribution in [0.1, 0.15) is 43.7 Å². The van der Waals surface area contributed by atoms with Crippen LogP contribution < -0.4 is 39.0 Å². The van der Waals surface area contributed by atoms with Gasteiger partial charge in [0.2, 0.25) is 23.6 Å². The highest BCUT2D eigenvalue weighted by molar-refractivity contribution is 7.52. The molecule has 0 saturated heterocycles. The Morgan fingerprint density at radius 3 is 1.67 bits per heavy atom. The molecule has 22 heteroatoms. The van der Waals surface area contributed by atoms with Crippen molar-refractivity contribution in [3.63, 3.8) is 0 Å². The summed E-state index contributed by atoms with van der Waals surface area (Å²) in [4.78, 5) is 77.7. The van der Waals surface area contributed by atoms with Crippen LogP contribution in [0.25, 0.3) is 0 Å². The minimum atomic E-state index is -3.60. The van der Waals surface area contributed by atoms with Gasteiger partial charge >= 0.3 is 7.60 Å². The van der Waals surface area contributed by atoms with E-state index in [9.17, 15) is 28.6 Å². The summed E-state index contributed by atoms with van der Waals surface area (Å²) >= 11 is 0. The van der Waals surface area contributed by atoms with Gasteiger partial charge in [-0.3, -0.25) is 28.6 Å². The summed E-state index contributed by atoms with van der Waals surface area (Å²) in [5.41, 5.74) is 1.56. The fourth-order valence-corrected chi connectivity index (χ4v) is 6.58. The Balaban J connectivity index is 2.13. The highest BCUT2D eigenvalue weighted by Gasteiger charge is 2.31. The zero-order valence-electron chi connectivity index (χ0n) is 32.9. The van der Waals surface area contributed by atoms with Crippen molar-refractivity contribution < 1.29 is 61.9 Å². The number of carbonyl (C=O) groups excluding carboxylic acids is 4. The third kappa shape index (κ3) is 22.5. The van der Waals surface area contributed by atoms with Gasteiger partial charge in [0.1, 0.15) is 0 Å². The summed E-state index contributed by atoms with van der Waals surface area (Å²) in [6.07, 6.45) is 2.01. The Hall–Kier alpha value is -3.15. The molecule has 2 atom stereocenters. The maximum Gasteiger partial charge on any atom is 0.328 e. The number of nitrogens with two attached hydrogens (primary N) is 3. The largest absolute Gasteiger partial charge is 0.377 e. The van der Waals surface area contributed by atoms with E-state index >= 15 is 0 Å². The van der Waals surface area contributed by atoms with Crippen LogP contribution in [0.5, 0.6) is 0 Å². The molecule has 1 unspecified atom stereocenters. The van der Waals surface area contributed by atoms with E-state index < -0.39 is 31.4 Å². The molecule has 0 radical (unpaired) electrons. The minimum Gasteiger partial charge on any atom is -0.377 e. The Labute approximate surface area is 334 Å². The molecule has 0 aliphatic heterocycles. The van der Waals surface area contributed by atoms with Gasteiger partial charge < -0.3 is 59.4 Å². The van der Waals surface area contributed by atoms with Crippen molar-refractivity contribution in [1.29, 1.82) is 0 Å². The molecular weight excluding hydrogens is 771 g/mol. The SMILES string of the molecule is CCP(=O)(O)OC1CCC(C(=O)NCc2ccc(C[C@H](C(=O)NCCOCCON)N(CC(=O)NCCOCCON)CC(=O)NCCOCCON)cc2)CC1. The Kier molecular flexibility index (Phi) is 26.3. The van der Waals surface area contributed by atoms with Gasteiger partial charge in [0.05, 0.1) is 84.7 Å². The maximum atomic E-state index is 13.8. The fourth-order valence-electron chi connectivity index (χ4n) is 5.75. The average Bonchev–Trinajstić information content (AvgIpc) is 3.20. The van der Waals surface area contributed by atoms with Crippen LogP contribution in [-0.2, 0) is 70.0 Å². The van der Waals surface area contributed by atoms with Crippen LogP contribution in [0.4, 0.5) is 0 Å². The molecule has 0 bridgehead atoms. The molecule has 1 fully saturated rings. The van der Waals surface area contributed by atoms with Gasteiger partial charge in [0.15, 0.2) is 0 Å². The molecule has 57 heavy (non-hydrogen) atoms. The molecule has 0 aromatic heterocycles. The van der Waals surface area contributed by atoms with Crippen molar-refractivity contribution in [3.8, 4) is 0 Å². The topological polar surface area (TPSA) is 300 Å². The quantitative estimate of drug-likeness (QED) is 0.0230. The molecule has 0 spiro atoms. The first-order valence-electron chi connectivity index (χ1n) is 19.1. The number of benzene rings is 1. The number of rotatable bonds is 32. The van der Waals surface area contributed by atoms with E-state index in [1.54, 1.807) is 6.92 Å². The van der Waals surface area contributed by atoms with Gasteiger partial charge in [-0.05, 0) is 43.2 Å². The zero-order chi connectivity index (χ0) is 41.7. The van der Waals surface area contributed by atoms with E-state index in [0.29, 0.717) is 25.7 Å². The molecule has 2 rings (SSSR count). The molecule has 1 aromatic carbocycles. The third-order valence-electron chi connectivity index (χ3n) is 8.83. The van der Waals surface area contributed by atoms with Crippen molar-refractivity contribution in [2.24, 2.45) is 23.6 Å². The van der Waals surface area contributed by atoms with Crippen molar-refractivity contribution in [2.75, 3.05) is 98.3 Å². The van der Waals surface area contributed by atoms with Crippen LogP contribution in [-0.4, -0.2) is 144 Å². The van der Waals surface area contributed by atoms with Crippen LogP contribution in [0.15, 0.2) is 24.3 Å². The normalized spacial score (nSPS) is 17.1. The predicted molar refractivity (Wildman–Crippen MR) is 206 cm³/mol. The Morgan fingerprint density at radius 2 is 1.19 bits per heavy atom. The van der Waals surface area contributed by atoms with Gasteiger partial charge in [0.25, 0.3) is 0 Å². The highest BCUT2D eigenvalue weighted by atomic mass is 31.2. The number of hydrogen-bond donors (Lipinski definition) is 8. The standard InChI is InChI=1S/C35H63N8O13P/c1-2-57(48,49)56-30-9-7-29(8-10-30)34(46)42-24-28-5-3-27(4-6-28)23-31(35(47)41-13-16-52-19-22-55-38)43(25-32(44)39-11-14-50-17-20-53-36)26-33(45)40-12-15-51-18-21-54-37/h3-6,29-31H,2,7-26,36-38H2,1H3,(H,39,44)(H,40,45)(H,41,47)(H,42,46)(H,48,49)/t29?,30?,31-/m1/s1. The summed E-state index contributed by atoms with van der Waals surface area (Å²) in [5.74, 6) is 13.4. The van der Waals surface area contributed by atoms with Crippen molar-refractivity contribution in [1.82, 2.24) is 26.2 Å². The first kappa shape index (κ1) is 50.0. The number of carbonyl (C=O) groups is 4. The van der Waals surface area contributed by atoms with Crippen LogP contribution in [0.3, 0.4) is 0 Å². The molecule has 326 valence electrons. The fraction of sp³-hybridized carbons (Fsp3) is 0.714. The molecule has 0 heterocycles. The monoisotopic (exact) mass is 834 g/mol.